The lowest BCUT2D eigenvalue weighted by Crippen LogP contribution is -2.55. The first-order valence-electron chi connectivity index (χ1n) is 10.4. The van der Waals surface area contributed by atoms with Gasteiger partial charge in [0.15, 0.2) is 0 Å². The number of benzene rings is 2. The number of para-hydroxylation sites is 2. The van der Waals surface area contributed by atoms with Gasteiger partial charge < -0.3 is 15.5 Å². The zero-order valence-corrected chi connectivity index (χ0v) is 17.1. The minimum Gasteiger partial charge on any atom is -0.372 e. The molecular formula is C23H28N4S. The van der Waals surface area contributed by atoms with E-state index in [4.69, 9.17) is 4.99 Å². The molecule has 146 valence electrons. The SMILES string of the molecule is c1ccc2c(c1)N=C(NCc1ccc(N3CCCC3)cc1)C1(CCSCC1)N2. The zero-order chi connectivity index (χ0) is 18.8. The van der Waals surface area contributed by atoms with Crippen LogP contribution in [0.15, 0.2) is 53.5 Å². The highest BCUT2D eigenvalue weighted by molar-refractivity contribution is 7.99. The summed E-state index contributed by atoms with van der Waals surface area (Å²) in [5, 5.41) is 7.52. The van der Waals surface area contributed by atoms with E-state index in [0.717, 1.165) is 36.6 Å². The van der Waals surface area contributed by atoms with Crippen molar-refractivity contribution < 1.29 is 0 Å². The number of hydrogen-bond acceptors (Lipinski definition) is 5. The van der Waals surface area contributed by atoms with Gasteiger partial charge in [-0.2, -0.15) is 11.8 Å². The average molecular weight is 393 g/mol. The van der Waals surface area contributed by atoms with Gasteiger partial charge in [-0.25, -0.2) is 4.99 Å². The van der Waals surface area contributed by atoms with E-state index < -0.39 is 0 Å². The lowest BCUT2D eigenvalue weighted by atomic mass is 9.88. The fourth-order valence-electron chi connectivity index (χ4n) is 4.50. The predicted molar refractivity (Wildman–Crippen MR) is 121 cm³/mol. The van der Waals surface area contributed by atoms with Crippen molar-refractivity contribution in [3.63, 3.8) is 0 Å². The first kappa shape index (κ1) is 17.9. The second-order valence-corrected chi connectivity index (χ2v) is 9.24. The summed E-state index contributed by atoms with van der Waals surface area (Å²) in [6.45, 7) is 3.21. The van der Waals surface area contributed by atoms with Crippen molar-refractivity contribution in [3.05, 3.63) is 54.1 Å². The highest BCUT2D eigenvalue weighted by atomic mass is 32.2. The molecule has 0 amide bonds. The lowest BCUT2D eigenvalue weighted by molar-refractivity contribution is 0.543. The third-order valence-electron chi connectivity index (χ3n) is 6.18. The molecule has 0 unspecified atom stereocenters. The Bertz CT molecular complexity index is 849. The molecule has 0 aliphatic carbocycles. The number of fused-ring (bicyclic) bond motifs is 1. The predicted octanol–water partition coefficient (Wildman–Crippen LogP) is 4.80. The Kier molecular flexibility index (Phi) is 4.93. The highest BCUT2D eigenvalue weighted by Crippen LogP contribution is 2.39. The van der Waals surface area contributed by atoms with E-state index in [2.05, 4.69) is 64.1 Å². The normalized spacial score (nSPS) is 20.4. The Morgan fingerprint density at radius 1 is 1.00 bits per heavy atom. The molecule has 5 heteroatoms. The Morgan fingerprint density at radius 3 is 2.54 bits per heavy atom. The van der Waals surface area contributed by atoms with Gasteiger partial charge in [0.2, 0.25) is 0 Å². The van der Waals surface area contributed by atoms with E-state index in [0.29, 0.717) is 0 Å². The van der Waals surface area contributed by atoms with E-state index in [1.165, 1.54) is 48.7 Å². The summed E-state index contributed by atoms with van der Waals surface area (Å²) in [7, 11) is 0. The molecule has 3 aliphatic heterocycles. The van der Waals surface area contributed by atoms with Gasteiger partial charge in [0, 0.05) is 25.3 Å². The van der Waals surface area contributed by atoms with Crippen LogP contribution >= 0.6 is 11.8 Å². The van der Waals surface area contributed by atoms with Crippen molar-refractivity contribution in [2.24, 2.45) is 4.99 Å². The van der Waals surface area contributed by atoms with Crippen LogP contribution in [0.5, 0.6) is 0 Å². The largest absolute Gasteiger partial charge is 0.372 e. The number of anilines is 2. The van der Waals surface area contributed by atoms with Crippen LogP contribution in [0.1, 0.15) is 31.2 Å². The summed E-state index contributed by atoms with van der Waals surface area (Å²) < 4.78 is 0. The Morgan fingerprint density at radius 2 is 1.75 bits per heavy atom. The molecule has 0 aromatic heterocycles. The van der Waals surface area contributed by atoms with Crippen LogP contribution in [0.25, 0.3) is 0 Å². The van der Waals surface area contributed by atoms with E-state index in [1.54, 1.807) is 0 Å². The first-order chi connectivity index (χ1) is 13.8. The molecule has 3 aliphatic rings. The molecule has 2 aromatic carbocycles. The standard InChI is InChI=1S/C23H28N4S/c1-2-6-21-20(5-1)25-22(23(26-21)11-15-28-16-12-23)24-17-18-7-9-19(10-8-18)27-13-3-4-14-27/h1-2,5-10,26H,3-4,11-17H2,(H,24,25). The van der Waals surface area contributed by atoms with Gasteiger partial charge in [-0.05, 0) is 67.0 Å². The van der Waals surface area contributed by atoms with Gasteiger partial charge in [-0.3, -0.25) is 0 Å². The minimum atomic E-state index is -0.0465. The van der Waals surface area contributed by atoms with E-state index in [-0.39, 0.29) is 5.54 Å². The number of amidine groups is 1. The maximum absolute atomic E-state index is 5.04. The number of nitrogens with one attached hydrogen (secondary N) is 2. The number of nitrogens with zero attached hydrogens (tertiary/aromatic N) is 2. The number of rotatable bonds is 3. The van der Waals surface area contributed by atoms with Crippen molar-refractivity contribution in [2.45, 2.75) is 37.8 Å². The van der Waals surface area contributed by atoms with Crippen molar-refractivity contribution in [2.75, 3.05) is 34.8 Å². The molecule has 1 spiro atoms. The quantitative estimate of drug-likeness (QED) is 0.787. The van der Waals surface area contributed by atoms with Crippen LogP contribution in [0.2, 0.25) is 0 Å². The fraction of sp³-hybridized carbons (Fsp3) is 0.435. The van der Waals surface area contributed by atoms with Crippen LogP contribution in [-0.2, 0) is 6.54 Å². The summed E-state index contributed by atoms with van der Waals surface area (Å²) in [5.41, 5.74) is 4.82. The lowest BCUT2D eigenvalue weighted by Gasteiger charge is -2.42. The van der Waals surface area contributed by atoms with Crippen LogP contribution in [0.3, 0.4) is 0 Å². The molecule has 2 aromatic rings. The number of thioether (sulfide) groups is 1. The topological polar surface area (TPSA) is 39.7 Å². The molecule has 3 heterocycles. The summed E-state index contributed by atoms with van der Waals surface area (Å²) in [4.78, 5) is 7.53. The Balaban J connectivity index is 1.34. The molecule has 0 bridgehead atoms. The molecule has 2 fully saturated rings. The Labute approximate surface area is 171 Å². The Hall–Kier alpha value is -2.14. The molecule has 28 heavy (non-hydrogen) atoms. The van der Waals surface area contributed by atoms with E-state index in [9.17, 15) is 0 Å². The van der Waals surface area contributed by atoms with Crippen molar-refractivity contribution in [1.82, 2.24) is 5.32 Å². The molecule has 2 N–H and O–H groups in total. The summed E-state index contributed by atoms with van der Waals surface area (Å²) in [5.74, 6) is 3.47. The molecule has 0 atom stereocenters. The van der Waals surface area contributed by atoms with Crippen LogP contribution in [0, 0.1) is 0 Å². The van der Waals surface area contributed by atoms with E-state index in [1.807, 2.05) is 11.8 Å². The summed E-state index contributed by atoms with van der Waals surface area (Å²) >= 11 is 2.05. The maximum atomic E-state index is 5.04. The first-order valence-corrected chi connectivity index (χ1v) is 11.6. The van der Waals surface area contributed by atoms with Crippen molar-refractivity contribution in [1.29, 1.82) is 0 Å². The molecule has 0 radical (unpaired) electrons. The van der Waals surface area contributed by atoms with Gasteiger partial charge in [-0.1, -0.05) is 24.3 Å². The van der Waals surface area contributed by atoms with Crippen LogP contribution in [0.4, 0.5) is 17.1 Å². The van der Waals surface area contributed by atoms with Crippen LogP contribution in [-0.4, -0.2) is 36.0 Å². The molecular weight excluding hydrogens is 364 g/mol. The summed E-state index contributed by atoms with van der Waals surface area (Å²) in [6, 6.07) is 17.5. The monoisotopic (exact) mass is 392 g/mol. The van der Waals surface area contributed by atoms with Gasteiger partial charge in [0.05, 0.1) is 16.9 Å². The average Bonchev–Trinajstić information content (AvgIpc) is 3.28. The van der Waals surface area contributed by atoms with Gasteiger partial charge >= 0.3 is 0 Å². The van der Waals surface area contributed by atoms with Gasteiger partial charge in [0.1, 0.15) is 5.84 Å². The highest BCUT2D eigenvalue weighted by Gasteiger charge is 2.40. The minimum absolute atomic E-state index is 0.0465. The maximum Gasteiger partial charge on any atom is 0.128 e. The van der Waals surface area contributed by atoms with Crippen LogP contribution < -0.4 is 15.5 Å². The molecule has 4 nitrogen and oxygen atoms in total. The second-order valence-electron chi connectivity index (χ2n) is 8.01. The molecule has 5 rings (SSSR count). The van der Waals surface area contributed by atoms with Crippen molar-refractivity contribution >= 4 is 34.7 Å². The van der Waals surface area contributed by atoms with E-state index >= 15 is 0 Å². The third-order valence-corrected chi connectivity index (χ3v) is 7.16. The fourth-order valence-corrected chi connectivity index (χ4v) is 5.69. The van der Waals surface area contributed by atoms with Crippen molar-refractivity contribution in [3.8, 4) is 0 Å². The zero-order valence-electron chi connectivity index (χ0n) is 16.3. The number of hydrogen-bond donors (Lipinski definition) is 2. The number of aliphatic imine (C=N–C) groups is 1. The van der Waals surface area contributed by atoms with Gasteiger partial charge in [0.25, 0.3) is 0 Å². The molecule has 2 saturated heterocycles. The smallest absolute Gasteiger partial charge is 0.128 e. The molecule has 0 saturated carbocycles. The second kappa shape index (κ2) is 7.70. The van der Waals surface area contributed by atoms with Gasteiger partial charge in [-0.15, -0.1) is 0 Å². The third kappa shape index (κ3) is 3.48. The summed E-state index contributed by atoms with van der Waals surface area (Å²) in [6.07, 6.45) is 4.87.